The van der Waals surface area contributed by atoms with Crippen molar-refractivity contribution in [3.8, 4) is 5.75 Å². The Hall–Kier alpha value is -1.93. The van der Waals surface area contributed by atoms with Gasteiger partial charge in [-0.2, -0.15) is 0 Å². The number of hydrogen-bond acceptors (Lipinski definition) is 6. The number of ether oxygens (including phenoxy) is 2. The van der Waals surface area contributed by atoms with Crippen LogP contribution in [0.25, 0.3) is 0 Å². The van der Waals surface area contributed by atoms with Crippen LogP contribution in [0.3, 0.4) is 0 Å². The first kappa shape index (κ1) is 25.7. The number of amides is 1. The first-order chi connectivity index (χ1) is 15.9. The van der Waals surface area contributed by atoms with Crippen molar-refractivity contribution < 1.29 is 19.4 Å². The Labute approximate surface area is 202 Å². The van der Waals surface area contributed by atoms with Gasteiger partial charge in [0.05, 0.1) is 31.4 Å². The number of aliphatic hydroxyl groups is 1. The largest absolute Gasteiger partial charge is 0.491 e. The second-order valence-corrected chi connectivity index (χ2v) is 10.0. The summed E-state index contributed by atoms with van der Waals surface area (Å²) in [6.45, 7) is 10.9. The Morgan fingerprint density at radius 2 is 2.09 bits per heavy atom. The predicted molar refractivity (Wildman–Crippen MR) is 133 cm³/mol. The van der Waals surface area contributed by atoms with Gasteiger partial charge in [0.2, 0.25) is 5.91 Å². The molecule has 1 aromatic heterocycles. The van der Waals surface area contributed by atoms with Gasteiger partial charge >= 0.3 is 0 Å². The predicted octanol–water partition coefficient (Wildman–Crippen LogP) is 4.06. The van der Waals surface area contributed by atoms with Crippen LogP contribution in [0.1, 0.15) is 49.2 Å². The molecule has 2 heterocycles. The normalized spacial score (nSPS) is 16.8. The summed E-state index contributed by atoms with van der Waals surface area (Å²) in [4.78, 5) is 18.8. The highest BCUT2D eigenvalue weighted by atomic mass is 32.1. The number of rotatable bonds is 12. The number of thiophene rings is 1. The molecule has 0 bridgehead atoms. The van der Waals surface area contributed by atoms with Crippen LogP contribution in [0.15, 0.2) is 35.7 Å². The molecule has 0 spiro atoms. The summed E-state index contributed by atoms with van der Waals surface area (Å²) in [7, 11) is 0. The van der Waals surface area contributed by atoms with Crippen LogP contribution in [0.4, 0.5) is 0 Å². The van der Waals surface area contributed by atoms with E-state index in [1.807, 2.05) is 54.8 Å². The molecule has 2 aromatic rings. The maximum absolute atomic E-state index is 13.5. The van der Waals surface area contributed by atoms with Crippen LogP contribution < -0.4 is 4.74 Å². The van der Waals surface area contributed by atoms with Crippen LogP contribution in [-0.2, 0) is 16.0 Å². The van der Waals surface area contributed by atoms with Crippen LogP contribution in [0.2, 0.25) is 0 Å². The molecule has 1 aliphatic rings. The van der Waals surface area contributed by atoms with E-state index in [4.69, 9.17) is 9.47 Å². The molecule has 0 radical (unpaired) electrons. The van der Waals surface area contributed by atoms with Crippen molar-refractivity contribution in [3.05, 3.63) is 51.7 Å². The number of benzene rings is 1. The first-order valence-electron chi connectivity index (χ1n) is 11.9. The van der Waals surface area contributed by atoms with E-state index >= 15 is 0 Å². The number of aryl methyl sites for hydroxylation is 1. The smallest absolute Gasteiger partial charge is 0.237 e. The molecule has 2 atom stereocenters. The molecule has 3 rings (SSSR count). The second kappa shape index (κ2) is 12.5. The van der Waals surface area contributed by atoms with E-state index in [1.165, 1.54) is 10.4 Å². The Bertz CT molecular complexity index is 885. The maximum Gasteiger partial charge on any atom is 0.237 e. The average Bonchev–Trinajstić information content (AvgIpc) is 3.26. The molecular formula is C26H38N2O4S. The van der Waals surface area contributed by atoms with Crippen molar-refractivity contribution in [3.63, 3.8) is 0 Å². The van der Waals surface area contributed by atoms with Gasteiger partial charge < -0.3 is 19.5 Å². The monoisotopic (exact) mass is 474 g/mol. The van der Waals surface area contributed by atoms with Crippen LogP contribution >= 0.6 is 11.3 Å². The summed E-state index contributed by atoms with van der Waals surface area (Å²) < 4.78 is 11.7. The van der Waals surface area contributed by atoms with E-state index in [9.17, 15) is 9.90 Å². The summed E-state index contributed by atoms with van der Waals surface area (Å²) >= 11 is 1.75. The van der Waals surface area contributed by atoms with Crippen molar-refractivity contribution in [2.75, 3.05) is 39.4 Å². The minimum absolute atomic E-state index is 0.0723. The SMILES string of the molecule is CCCN(CC(=O)N1CCc2sccc2C1COc1ccccc1C)CC(O)COC(C)C. The lowest BCUT2D eigenvalue weighted by molar-refractivity contribution is -0.136. The molecule has 1 aliphatic heterocycles. The number of nitrogens with zero attached hydrogens (tertiary/aromatic N) is 2. The Morgan fingerprint density at radius 1 is 1.30 bits per heavy atom. The summed E-state index contributed by atoms with van der Waals surface area (Å²) in [5.74, 6) is 0.934. The van der Waals surface area contributed by atoms with E-state index in [1.54, 1.807) is 11.3 Å². The fourth-order valence-corrected chi connectivity index (χ4v) is 5.18. The third-order valence-corrected chi connectivity index (χ3v) is 6.89. The van der Waals surface area contributed by atoms with Crippen molar-refractivity contribution in [1.82, 2.24) is 9.80 Å². The molecule has 0 fully saturated rings. The maximum atomic E-state index is 13.5. The number of para-hydroxylation sites is 1. The summed E-state index contributed by atoms with van der Waals surface area (Å²) in [5, 5.41) is 12.5. The van der Waals surface area contributed by atoms with Crippen LogP contribution in [0.5, 0.6) is 5.75 Å². The Kier molecular flexibility index (Phi) is 9.74. The molecule has 33 heavy (non-hydrogen) atoms. The zero-order chi connectivity index (χ0) is 23.8. The van der Waals surface area contributed by atoms with E-state index in [0.717, 1.165) is 30.7 Å². The minimum atomic E-state index is -0.614. The highest BCUT2D eigenvalue weighted by Crippen LogP contribution is 2.34. The molecule has 0 saturated heterocycles. The molecule has 1 N–H and O–H groups in total. The highest BCUT2D eigenvalue weighted by Gasteiger charge is 2.33. The Morgan fingerprint density at radius 3 is 2.82 bits per heavy atom. The second-order valence-electron chi connectivity index (χ2n) is 9.00. The number of hydrogen-bond donors (Lipinski definition) is 1. The van der Waals surface area contributed by atoms with Crippen molar-refractivity contribution in [1.29, 1.82) is 0 Å². The standard InChI is InChI=1S/C26H38N2O4S/c1-5-12-27(15-21(29)17-31-19(2)3)16-26(30)28-13-10-25-22(11-14-33-25)23(28)18-32-24-9-7-6-8-20(24)4/h6-9,11,14,19,21,23,29H,5,10,12-13,15-18H2,1-4H3. The van der Waals surface area contributed by atoms with Gasteiger partial charge in [0.1, 0.15) is 12.4 Å². The van der Waals surface area contributed by atoms with Gasteiger partial charge in [0.15, 0.2) is 0 Å². The lowest BCUT2D eigenvalue weighted by Crippen LogP contribution is -2.48. The van der Waals surface area contributed by atoms with Crippen molar-refractivity contribution in [2.24, 2.45) is 0 Å². The molecule has 1 aromatic carbocycles. The van der Waals surface area contributed by atoms with Gasteiger partial charge in [-0.15, -0.1) is 11.3 Å². The summed E-state index contributed by atoms with van der Waals surface area (Å²) in [6, 6.07) is 10.00. The lowest BCUT2D eigenvalue weighted by Gasteiger charge is -2.37. The molecule has 2 unspecified atom stereocenters. The molecular weight excluding hydrogens is 436 g/mol. The van der Waals surface area contributed by atoms with E-state index in [0.29, 0.717) is 19.7 Å². The van der Waals surface area contributed by atoms with Crippen LogP contribution in [0, 0.1) is 6.92 Å². The van der Waals surface area contributed by atoms with Gasteiger partial charge in [-0.1, -0.05) is 25.1 Å². The fraction of sp³-hybridized carbons (Fsp3) is 0.577. The number of carbonyl (C=O) groups excluding carboxylic acids is 1. The number of carbonyl (C=O) groups is 1. The highest BCUT2D eigenvalue weighted by molar-refractivity contribution is 7.10. The third-order valence-electron chi connectivity index (χ3n) is 5.90. The van der Waals surface area contributed by atoms with Gasteiger partial charge in [-0.25, -0.2) is 0 Å². The minimum Gasteiger partial charge on any atom is -0.491 e. The van der Waals surface area contributed by atoms with Gasteiger partial charge in [0.25, 0.3) is 0 Å². The van der Waals surface area contributed by atoms with E-state index in [2.05, 4.69) is 18.4 Å². The van der Waals surface area contributed by atoms with Gasteiger partial charge in [-0.3, -0.25) is 9.69 Å². The van der Waals surface area contributed by atoms with E-state index < -0.39 is 6.10 Å². The van der Waals surface area contributed by atoms with Crippen LogP contribution in [-0.4, -0.2) is 72.4 Å². The molecule has 182 valence electrons. The summed E-state index contributed by atoms with van der Waals surface area (Å²) in [6.07, 6.45) is 1.25. The topological polar surface area (TPSA) is 62.2 Å². The first-order valence-corrected chi connectivity index (χ1v) is 12.8. The van der Waals surface area contributed by atoms with E-state index in [-0.39, 0.29) is 31.2 Å². The fourth-order valence-electron chi connectivity index (χ4n) is 4.25. The molecule has 6 nitrogen and oxygen atoms in total. The molecule has 7 heteroatoms. The third kappa shape index (κ3) is 7.27. The molecule has 0 saturated carbocycles. The number of fused-ring (bicyclic) bond motifs is 1. The average molecular weight is 475 g/mol. The van der Waals surface area contributed by atoms with Gasteiger partial charge in [-0.05, 0) is 68.8 Å². The quantitative estimate of drug-likeness (QED) is 0.503. The zero-order valence-electron chi connectivity index (χ0n) is 20.3. The summed E-state index contributed by atoms with van der Waals surface area (Å²) in [5.41, 5.74) is 2.28. The van der Waals surface area contributed by atoms with Crippen molar-refractivity contribution >= 4 is 17.2 Å². The van der Waals surface area contributed by atoms with Crippen molar-refractivity contribution in [2.45, 2.75) is 58.8 Å². The molecule has 1 amide bonds. The van der Waals surface area contributed by atoms with Gasteiger partial charge in [0, 0.05) is 18.0 Å². The zero-order valence-corrected chi connectivity index (χ0v) is 21.1. The Balaban J connectivity index is 1.68. The molecule has 0 aliphatic carbocycles. The number of aliphatic hydroxyl groups excluding tert-OH is 1. The lowest BCUT2D eigenvalue weighted by atomic mass is 10.00.